The van der Waals surface area contributed by atoms with Crippen molar-refractivity contribution in [1.29, 1.82) is 0 Å². The van der Waals surface area contributed by atoms with Gasteiger partial charge in [0.05, 0.1) is 17.7 Å². The standard InChI is InChI=1S/C28H33N3O5S/c1-5-26(28(33)29-3)30(19-22-10-7-6-8-11-22)27(32)20-31(23-12-9-13-24(18-23)36-4)37(34,35)25-16-14-21(2)15-17-25/h6-18,26H,5,19-20H2,1-4H3,(H,29,33)/t26-/m0/s1. The van der Waals surface area contributed by atoms with Crippen LogP contribution < -0.4 is 14.4 Å². The van der Waals surface area contributed by atoms with Crippen molar-refractivity contribution in [2.45, 2.75) is 37.8 Å². The summed E-state index contributed by atoms with van der Waals surface area (Å²) >= 11 is 0. The SMILES string of the molecule is CC[C@@H](C(=O)NC)N(Cc1ccccc1)C(=O)CN(c1cccc(OC)c1)S(=O)(=O)c1ccc(C)cc1. The summed E-state index contributed by atoms with van der Waals surface area (Å²) in [5.74, 6) is -0.370. The Balaban J connectivity index is 2.07. The summed E-state index contributed by atoms with van der Waals surface area (Å²) in [6.45, 7) is 3.34. The molecule has 2 amide bonds. The molecule has 0 radical (unpaired) electrons. The number of likely N-dealkylation sites (N-methyl/N-ethyl adjacent to an activating group) is 1. The molecule has 1 atom stereocenters. The van der Waals surface area contributed by atoms with Crippen molar-refractivity contribution in [2.24, 2.45) is 0 Å². The van der Waals surface area contributed by atoms with Crippen molar-refractivity contribution in [3.63, 3.8) is 0 Å². The Bertz CT molecular complexity index is 1310. The van der Waals surface area contributed by atoms with Gasteiger partial charge in [-0.15, -0.1) is 0 Å². The Labute approximate surface area is 218 Å². The molecular weight excluding hydrogens is 490 g/mol. The number of sulfonamides is 1. The number of hydrogen-bond donors (Lipinski definition) is 1. The second-order valence-corrected chi connectivity index (χ2v) is 10.4. The van der Waals surface area contributed by atoms with Gasteiger partial charge in [-0.05, 0) is 43.2 Å². The van der Waals surface area contributed by atoms with Crippen molar-refractivity contribution in [2.75, 3.05) is 25.0 Å². The average Bonchev–Trinajstić information content (AvgIpc) is 2.92. The van der Waals surface area contributed by atoms with Crippen LogP contribution in [-0.4, -0.2) is 51.9 Å². The van der Waals surface area contributed by atoms with E-state index in [1.165, 1.54) is 31.2 Å². The van der Waals surface area contributed by atoms with E-state index in [0.717, 1.165) is 15.4 Å². The molecule has 3 aromatic carbocycles. The smallest absolute Gasteiger partial charge is 0.264 e. The first-order valence-corrected chi connectivity index (χ1v) is 13.4. The molecule has 0 aliphatic heterocycles. The fraction of sp³-hybridized carbons (Fsp3) is 0.286. The molecule has 0 fully saturated rings. The summed E-state index contributed by atoms with van der Waals surface area (Å²) in [4.78, 5) is 28.1. The van der Waals surface area contributed by atoms with Gasteiger partial charge in [-0.2, -0.15) is 0 Å². The Morgan fingerprint density at radius 2 is 1.65 bits per heavy atom. The summed E-state index contributed by atoms with van der Waals surface area (Å²) in [7, 11) is -1.13. The molecular formula is C28H33N3O5S. The van der Waals surface area contributed by atoms with Gasteiger partial charge in [0.2, 0.25) is 11.8 Å². The summed E-state index contributed by atoms with van der Waals surface area (Å²) in [5, 5.41) is 2.62. The Kier molecular flexibility index (Phi) is 9.30. The molecule has 0 aromatic heterocycles. The molecule has 0 aliphatic rings. The average molecular weight is 524 g/mol. The van der Waals surface area contributed by atoms with E-state index in [0.29, 0.717) is 12.2 Å². The number of carbonyl (C=O) groups is 2. The van der Waals surface area contributed by atoms with Gasteiger partial charge in [-0.3, -0.25) is 13.9 Å². The van der Waals surface area contributed by atoms with Crippen LogP contribution in [0.25, 0.3) is 0 Å². The van der Waals surface area contributed by atoms with Gasteiger partial charge in [-0.25, -0.2) is 8.42 Å². The van der Waals surface area contributed by atoms with Gasteiger partial charge in [0.15, 0.2) is 0 Å². The van der Waals surface area contributed by atoms with Crippen LogP contribution >= 0.6 is 0 Å². The number of rotatable bonds is 11. The lowest BCUT2D eigenvalue weighted by Gasteiger charge is -2.33. The van der Waals surface area contributed by atoms with Crippen LogP contribution in [0.1, 0.15) is 24.5 Å². The molecule has 0 unspecified atom stereocenters. The fourth-order valence-electron chi connectivity index (χ4n) is 4.00. The maximum atomic E-state index is 13.8. The van der Waals surface area contributed by atoms with Gasteiger partial charge in [0, 0.05) is 19.7 Å². The first-order chi connectivity index (χ1) is 17.7. The molecule has 0 heterocycles. The fourth-order valence-corrected chi connectivity index (χ4v) is 5.40. The number of anilines is 1. The van der Waals surface area contributed by atoms with Crippen molar-refractivity contribution < 1.29 is 22.7 Å². The predicted molar refractivity (Wildman–Crippen MR) is 144 cm³/mol. The molecule has 3 rings (SSSR count). The molecule has 8 nitrogen and oxygen atoms in total. The number of amides is 2. The van der Waals surface area contributed by atoms with Gasteiger partial charge in [0.1, 0.15) is 18.3 Å². The molecule has 196 valence electrons. The molecule has 3 aromatic rings. The summed E-state index contributed by atoms with van der Waals surface area (Å²) in [6.07, 6.45) is 0.363. The van der Waals surface area contributed by atoms with E-state index in [1.807, 2.05) is 44.2 Å². The first kappa shape index (κ1) is 27.7. The number of ether oxygens (including phenoxy) is 1. The van der Waals surface area contributed by atoms with Crippen molar-refractivity contribution >= 4 is 27.5 Å². The van der Waals surface area contributed by atoms with Crippen molar-refractivity contribution in [3.8, 4) is 5.75 Å². The zero-order valence-corrected chi connectivity index (χ0v) is 22.4. The molecule has 0 saturated carbocycles. The lowest BCUT2D eigenvalue weighted by atomic mass is 10.1. The quantitative estimate of drug-likeness (QED) is 0.413. The number of methoxy groups -OCH3 is 1. The molecule has 0 aliphatic carbocycles. The largest absolute Gasteiger partial charge is 0.497 e. The van der Waals surface area contributed by atoms with Crippen LogP contribution in [-0.2, 0) is 26.2 Å². The minimum Gasteiger partial charge on any atom is -0.497 e. The maximum Gasteiger partial charge on any atom is 0.264 e. The molecule has 9 heteroatoms. The summed E-state index contributed by atoms with van der Waals surface area (Å²) in [6, 6.07) is 21.5. The Hall–Kier alpha value is -3.85. The van der Waals surface area contributed by atoms with Crippen LogP contribution in [0.2, 0.25) is 0 Å². The number of benzene rings is 3. The zero-order valence-electron chi connectivity index (χ0n) is 21.5. The molecule has 0 spiro atoms. The van der Waals surface area contributed by atoms with Gasteiger partial charge in [-0.1, -0.05) is 61.0 Å². The Morgan fingerprint density at radius 3 is 2.24 bits per heavy atom. The van der Waals surface area contributed by atoms with E-state index < -0.39 is 28.5 Å². The maximum absolute atomic E-state index is 13.8. The van der Waals surface area contributed by atoms with E-state index in [1.54, 1.807) is 36.4 Å². The molecule has 1 N–H and O–H groups in total. The predicted octanol–water partition coefficient (Wildman–Crippen LogP) is 3.75. The molecule has 0 saturated heterocycles. The minimum absolute atomic E-state index is 0.0571. The van der Waals surface area contributed by atoms with Gasteiger partial charge < -0.3 is 15.0 Å². The van der Waals surface area contributed by atoms with E-state index in [2.05, 4.69) is 5.32 Å². The van der Waals surface area contributed by atoms with E-state index >= 15 is 0 Å². The summed E-state index contributed by atoms with van der Waals surface area (Å²) in [5.41, 5.74) is 2.02. The lowest BCUT2D eigenvalue weighted by molar-refractivity contribution is -0.140. The number of hydrogen-bond acceptors (Lipinski definition) is 5. The second-order valence-electron chi connectivity index (χ2n) is 8.57. The molecule has 37 heavy (non-hydrogen) atoms. The normalized spacial score (nSPS) is 11.9. The van der Waals surface area contributed by atoms with Crippen LogP contribution in [0.5, 0.6) is 5.75 Å². The lowest BCUT2D eigenvalue weighted by Crippen LogP contribution is -2.51. The number of aryl methyl sites for hydroxylation is 1. The van der Waals surface area contributed by atoms with Crippen LogP contribution in [0.4, 0.5) is 5.69 Å². The highest BCUT2D eigenvalue weighted by atomic mass is 32.2. The van der Waals surface area contributed by atoms with Crippen LogP contribution in [0.15, 0.2) is 83.8 Å². The van der Waals surface area contributed by atoms with E-state index in [4.69, 9.17) is 4.74 Å². The third-order valence-electron chi connectivity index (χ3n) is 6.06. The van der Waals surface area contributed by atoms with Crippen molar-refractivity contribution in [3.05, 3.63) is 90.0 Å². The highest BCUT2D eigenvalue weighted by Crippen LogP contribution is 2.28. The van der Waals surface area contributed by atoms with Gasteiger partial charge in [0.25, 0.3) is 10.0 Å². The number of carbonyl (C=O) groups excluding carboxylic acids is 2. The van der Waals surface area contributed by atoms with Crippen LogP contribution in [0, 0.1) is 6.92 Å². The van der Waals surface area contributed by atoms with Crippen molar-refractivity contribution in [1.82, 2.24) is 10.2 Å². The Morgan fingerprint density at radius 1 is 0.973 bits per heavy atom. The highest BCUT2D eigenvalue weighted by Gasteiger charge is 2.33. The monoisotopic (exact) mass is 523 g/mol. The molecule has 0 bridgehead atoms. The van der Waals surface area contributed by atoms with Gasteiger partial charge >= 0.3 is 0 Å². The minimum atomic E-state index is -4.13. The highest BCUT2D eigenvalue weighted by molar-refractivity contribution is 7.92. The number of nitrogens with one attached hydrogen (secondary N) is 1. The third kappa shape index (κ3) is 6.68. The first-order valence-electron chi connectivity index (χ1n) is 12.0. The van der Waals surface area contributed by atoms with Crippen LogP contribution in [0.3, 0.4) is 0 Å². The number of nitrogens with zero attached hydrogens (tertiary/aromatic N) is 2. The van der Waals surface area contributed by atoms with E-state index in [-0.39, 0.29) is 23.0 Å². The van der Waals surface area contributed by atoms with E-state index in [9.17, 15) is 18.0 Å². The third-order valence-corrected chi connectivity index (χ3v) is 7.85. The summed E-state index contributed by atoms with van der Waals surface area (Å²) < 4.78 is 34.0. The zero-order chi connectivity index (χ0) is 27.0. The topological polar surface area (TPSA) is 96.0 Å². The second kappa shape index (κ2) is 12.4.